The van der Waals surface area contributed by atoms with Crippen molar-refractivity contribution in [1.29, 1.82) is 0 Å². The quantitative estimate of drug-likeness (QED) is 0.667. The minimum absolute atomic E-state index is 0.246. The summed E-state index contributed by atoms with van der Waals surface area (Å²) in [4.78, 5) is 11.2. The van der Waals surface area contributed by atoms with Gasteiger partial charge in [0.2, 0.25) is 0 Å². The van der Waals surface area contributed by atoms with Crippen molar-refractivity contribution in [2.75, 3.05) is 0 Å². The highest BCUT2D eigenvalue weighted by molar-refractivity contribution is 6.33. The van der Waals surface area contributed by atoms with Crippen LogP contribution in [0.1, 0.15) is 11.4 Å². The second-order valence-corrected chi connectivity index (χ2v) is 4.94. The average Bonchev–Trinajstić information content (AvgIpc) is 2.82. The predicted octanol–water partition coefficient (Wildman–Crippen LogP) is 4.61. The van der Waals surface area contributed by atoms with Crippen molar-refractivity contribution >= 4 is 22.6 Å². The summed E-state index contributed by atoms with van der Waals surface area (Å²) in [6.45, 7) is 1.70. The molecule has 0 amide bonds. The fourth-order valence-electron chi connectivity index (χ4n) is 2.10. The van der Waals surface area contributed by atoms with Crippen LogP contribution in [0.2, 0.25) is 5.15 Å². The molecular weight excluding hydrogens is 303 g/mol. The van der Waals surface area contributed by atoms with Gasteiger partial charge in [0.1, 0.15) is 11.3 Å². The van der Waals surface area contributed by atoms with Crippen molar-refractivity contribution in [3.05, 3.63) is 46.9 Å². The lowest BCUT2D eigenvalue weighted by Gasteiger charge is -2.07. The van der Waals surface area contributed by atoms with Crippen molar-refractivity contribution < 1.29 is 13.2 Å². The van der Waals surface area contributed by atoms with E-state index in [2.05, 4.69) is 15.0 Å². The molecule has 0 saturated heterocycles. The molecule has 1 aromatic carbocycles. The molecule has 0 fully saturated rings. The third-order valence-corrected chi connectivity index (χ3v) is 3.32. The summed E-state index contributed by atoms with van der Waals surface area (Å²) >= 11 is 6.00. The molecule has 3 aromatic rings. The smallest absolute Gasteiger partial charge is 0.351 e. The number of nitrogens with one attached hydrogen (secondary N) is 1. The number of rotatable bonds is 1. The first kappa shape index (κ1) is 13.9. The fourth-order valence-corrected chi connectivity index (χ4v) is 2.37. The van der Waals surface area contributed by atoms with E-state index >= 15 is 0 Å². The van der Waals surface area contributed by atoms with Gasteiger partial charge < -0.3 is 4.98 Å². The summed E-state index contributed by atoms with van der Waals surface area (Å²) in [6, 6.07) is 6.73. The monoisotopic (exact) mass is 311 g/mol. The summed E-state index contributed by atoms with van der Waals surface area (Å²) in [5.74, 6) is 0.502. The Morgan fingerprint density at radius 3 is 2.62 bits per heavy atom. The van der Waals surface area contributed by atoms with Crippen molar-refractivity contribution in [2.45, 2.75) is 13.1 Å². The van der Waals surface area contributed by atoms with Crippen LogP contribution in [-0.2, 0) is 6.18 Å². The van der Waals surface area contributed by atoms with Gasteiger partial charge in [-0.15, -0.1) is 0 Å². The van der Waals surface area contributed by atoms with Crippen LogP contribution in [0.15, 0.2) is 30.3 Å². The average molecular weight is 312 g/mol. The molecule has 0 aliphatic carbocycles. The molecule has 0 bridgehead atoms. The molecule has 0 saturated carbocycles. The van der Waals surface area contributed by atoms with E-state index in [1.807, 2.05) is 0 Å². The Morgan fingerprint density at radius 2 is 1.90 bits per heavy atom. The number of hydrogen-bond acceptors (Lipinski definition) is 2. The summed E-state index contributed by atoms with van der Waals surface area (Å²) in [5.41, 5.74) is 1.30. The summed E-state index contributed by atoms with van der Waals surface area (Å²) in [5, 5.41) is 0.246. The fraction of sp³-hybridized carbons (Fsp3) is 0.143. The first-order valence-corrected chi connectivity index (χ1v) is 6.43. The van der Waals surface area contributed by atoms with E-state index in [1.165, 1.54) is 6.07 Å². The first-order chi connectivity index (χ1) is 9.84. The van der Waals surface area contributed by atoms with Gasteiger partial charge in [0.15, 0.2) is 5.15 Å². The van der Waals surface area contributed by atoms with Gasteiger partial charge in [-0.3, -0.25) is 0 Å². The lowest BCUT2D eigenvalue weighted by Crippen LogP contribution is -2.04. The van der Waals surface area contributed by atoms with E-state index < -0.39 is 11.7 Å². The normalized spacial score (nSPS) is 12.0. The molecule has 2 heterocycles. The van der Waals surface area contributed by atoms with Gasteiger partial charge >= 0.3 is 6.18 Å². The topological polar surface area (TPSA) is 41.6 Å². The van der Waals surface area contributed by atoms with Gasteiger partial charge in [-0.2, -0.15) is 13.2 Å². The van der Waals surface area contributed by atoms with Crippen LogP contribution in [0.25, 0.3) is 22.3 Å². The maximum Gasteiger partial charge on any atom is 0.416 e. The maximum absolute atomic E-state index is 12.8. The number of aryl methyl sites for hydroxylation is 1. The Labute approximate surface area is 122 Å². The highest BCUT2D eigenvalue weighted by Crippen LogP contribution is 2.33. The highest BCUT2D eigenvalue weighted by Gasteiger charge is 2.30. The number of halogens is 4. The number of benzene rings is 1. The standard InChI is InChI=1S/C14H9ClF3N3/c1-7-19-11-6-10(21-12(11)13(15)20-7)8-3-2-4-9(5-8)14(16,17)18/h2-6,21H,1H3. The van der Waals surface area contributed by atoms with Gasteiger partial charge in [0.05, 0.1) is 11.1 Å². The van der Waals surface area contributed by atoms with Gasteiger partial charge in [-0.25, -0.2) is 9.97 Å². The molecular formula is C14H9ClF3N3. The zero-order chi connectivity index (χ0) is 15.2. The van der Waals surface area contributed by atoms with E-state index in [0.29, 0.717) is 28.1 Å². The van der Waals surface area contributed by atoms with Gasteiger partial charge in [0, 0.05) is 5.69 Å². The number of H-pyrrole nitrogens is 1. The molecule has 0 aliphatic heterocycles. The van der Waals surface area contributed by atoms with Crippen LogP contribution in [0.3, 0.4) is 0 Å². The Kier molecular flexibility index (Phi) is 3.13. The van der Waals surface area contributed by atoms with Crippen molar-refractivity contribution in [3.63, 3.8) is 0 Å². The minimum atomic E-state index is -4.38. The summed E-state index contributed by atoms with van der Waals surface area (Å²) < 4.78 is 38.3. The van der Waals surface area contributed by atoms with Crippen molar-refractivity contribution in [2.24, 2.45) is 0 Å². The maximum atomic E-state index is 12.8. The van der Waals surface area contributed by atoms with Gasteiger partial charge in [-0.05, 0) is 30.7 Å². The molecule has 2 aromatic heterocycles. The third-order valence-electron chi connectivity index (χ3n) is 3.05. The van der Waals surface area contributed by atoms with Crippen LogP contribution in [-0.4, -0.2) is 15.0 Å². The summed E-state index contributed by atoms with van der Waals surface area (Å²) in [7, 11) is 0. The number of aromatic amines is 1. The lowest BCUT2D eigenvalue weighted by molar-refractivity contribution is -0.137. The molecule has 0 spiro atoms. The molecule has 0 aliphatic rings. The molecule has 0 atom stereocenters. The van der Waals surface area contributed by atoms with E-state index in [4.69, 9.17) is 11.6 Å². The Morgan fingerprint density at radius 1 is 1.14 bits per heavy atom. The zero-order valence-corrected chi connectivity index (χ0v) is 11.5. The molecule has 1 N–H and O–H groups in total. The summed E-state index contributed by atoms with van der Waals surface area (Å²) in [6.07, 6.45) is -4.38. The van der Waals surface area contributed by atoms with Crippen LogP contribution >= 0.6 is 11.6 Å². The number of alkyl halides is 3. The van der Waals surface area contributed by atoms with Crippen LogP contribution < -0.4 is 0 Å². The number of nitrogens with zero attached hydrogens (tertiary/aromatic N) is 2. The second-order valence-electron chi connectivity index (χ2n) is 4.58. The zero-order valence-electron chi connectivity index (χ0n) is 10.8. The Balaban J connectivity index is 2.15. The molecule has 0 radical (unpaired) electrons. The van der Waals surface area contributed by atoms with Crippen molar-refractivity contribution in [3.8, 4) is 11.3 Å². The molecule has 21 heavy (non-hydrogen) atoms. The number of fused-ring (bicyclic) bond motifs is 1. The van der Waals surface area contributed by atoms with E-state index in [-0.39, 0.29) is 5.15 Å². The molecule has 108 valence electrons. The molecule has 3 rings (SSSR count). The van der Waals surface area contributed by atoms with E-state index in [0.717, 1.165) is 12.1 Å². The highest BCUT2D eigenvalue weighted by atomic mass is 35.5. The molecule has 0 unspecified atom stereocenters. The number of hydrogen-bond donors (Lipinski definition) is 1. The lowest BCUT2D eigenvalue weighted by atomic mass is 10.1. The first-order valence-electron chi connectivity index (χ1n) is 6.05. The molecule has 3 nitrogen and oxygen atoms in total. The van der Waals surface area contributed by atoms with E-state index in [9.17, 15) is 13.2 Å². The Hall–Kier alpha value is -2.08. The van der Waals surface area contributed by atoms with Gasteiger partial charge in [0.25, 0.3) is 0 Å². The van der Waals surface area contributed by atoms with Crippen LogP contribution in [0.4, 0.5) is 13.2 Å². The third kappa shape index (κ3) is 2.58. The predicted molar refractivity (Wildman–Crippen MR) is 74.1 cm³/mol. The van der Waals surface area contributed by atoms with Crippen LogP contribution in [0, 0.1) is 6.92 Å². The largest absolute Gasteiger partial charge is 0.416 e. The SMILES string of the molecule is Cc1nc(Cl)c2[nH]c(-c3cccc(C(F)(F)F)c3)cc2n1. The van der Waals surface area contributed by atoms with Crippen molar-refractivity contribution in [1.82, 2.24) is 15.0 Å². The van der Waals surface area contributed by atoms with Gasteiger partial charge in [-0.1, -0.05) is 23.7 Å². The van der Waals surface area contributed by atoms with E-state index in [1.54, 1.807) is 19.1 Å². The second kappa shape index (κ2) is 4.73. The molecule has 7 heteroatoms. The Bertz CT molecular complexity index is 824. The number of aromatic nitrogens is 3. The minimum Gasteiger partial charge on any atom is -0.351 e. The van der Waals surface area contributed by atoms with Crippen LogP contribution in [0.5, 0.6) is 0 Å².